The van der Waals surface area contributed by atoms with Crippen LogP contribution in [0.3, 0.4) is 0 Å². The van der Waals surface area contributed by atoms with Gasteiger partial charge in [0.2, 0.25) is 0 Å². The Morgan fingerprint density at radius 1 is 1.00 bits per heavy atom. The lowest BCUT2D eigenvalue weighted by Gasteiger charge is -2.28. The second-order valence-electron chi connectivity index (χ2n) is 5.94. The monoisotopic (exact) mass is 280 g/mol. The van der Waals surface area contributed by atoms with Crippen molar-refractivity contribution in [3.8, 4) is 0 Å². The zero-order valence-electron chi connectivity index (χ0n) is 13.0. The predicted molar refractivity (Wildman–Crippen MR) is 89.9 cm³/mol. The van der Waals surface area contributed by atoms with Crippen molar-refractivity contribution >= 4 is 5.69 Å². The lowest BCUT2D eigenvalue weighted by Crippen LogP contribution is -2.31. The third kappa shape index (κ3) is 3.11. The number of nitrogens with zero attached hydrogens (tertiary/aromatic N) is 1. The molecule has 1 saturated heterocycles. The standard InChI is InChI=1S/C19H24N2/c1-15-8-6-11-19(16(15)2)21-13-7-12-20-18(14-21)17-9-4-3-5-10-17/h3-6,8-11,18,20H,7,12-14H2,1-2H3. The first-order valence-corrected chi connectivity index (χ1v) is 7.85. The first-order chi connectivity index (χ1) is 10.3. The molecule has 0 bridgehead atoms. The Hall–Kier alpha value is -1.80. The third-order valence-electron chi connectivity index (χ3n) is 4.52. The van der Waals surface area contributed by atoms with Crippen LogP contribution >= 0.6 is 0 Å². The number of anilines is 1. The Balaban J connectivity index is 1.87. The molecule has 21 heavy (non-hydrogen) atoms. The largest absolute Gasteiger partial charge is 0.369 e. The summed E-state index contributed by atoms with van der Waals surface area (Å²) < 4.78 is 0. The van der Waals surface area contributed by atoms with E-state index in [1.165, 1.54) is 28.8 Å². The Morgan fingerprint density at radius 3 is 2.62 bits per heavy atom. The molecule has 2 aromatic carbocycles. The van der Waals surface area contributed by atoms with E-state index in [0.717, 1.165) is 19.6 Å². The molecule has 1 aliphatic heterocycles. The van der Waals surface area contributed by atoms with Crippen LogP contribution in [0.4, 0.5) is 5.69 Å². The summed E-state index contributed by atoms with van der Waals surface area (Å²) in [5.74, 6) is 0. The van der Waals surface area contributed by atoms with Gasteiger partial charge in [-0.15, -0.1) is 0 Å². The van der Waals surface area contributed by atoms with Gasteiger partial charge in [0.25, 0.3) is 0 Å². The van der Waals surface area contributed by atoms with Gasteiger partial charge < -0.3 is 10.2 Å². The Morgan fingerprint density at radius 2 is 1.81 bits per heavy atom. The molecule has 0 aliphatic carbocycles. The van der Waals surface area contributed by atoms with Gasteiger partial charge >= 0.3 is 0 Å². The molecule has 1 fully saturated rings. The molecule has 2 aromatic rings. The fourth-order valence-corrected chi connectivity index (χ4v) is 3.13. The topological polar surface area (TPSA) is 15.3 Å². The van der Waals surface area contributed by atoms with Crippen molar-refractivity contribution in [1.82, 2.24) is 5.32 Å². The lowest BCUT2D eigenvalue weighted by molar-refractivity contribution is 0.570. The van der Waals surface area contributed by atoms with E-state index >= 15 is 0 Å². The Labute approximate surface area is 127 Å². The number of benzene rings is 2. The van der Waals surface area contributed by atoms with Gasteiger partial charge in [-0.3, -0.25) is 0 Å². The molecule has 1 unspecified atom stereocenters. The first kappa shape index (κ1) is 14.2. The SMILES string of the molecule is Cc1cccc(N2CCCNC(c3ccccc3)C2)c1C. The molecule has 2 heteroatoms. The zero-order valence-corrected chi connectivity index (χ0v) is 13.0. The second kappa shape index (κ2) is 6.31. The minimum Gasteiger partial charge on any atom is -0.369 e. The molecule has 0 radical (unpaired) electrons. The van der Waals surface area contributed by atoms with Crippen molar-refractivity contribution < 1.29 is 0 Å². The van der Waals surface area contributed by atoms with Crippen LogP contribution in [0.1, 0.15) is 29.2 Å². The predicted octanol–water partition coefficient (Wildman–Crippen LogP) is 3.84. The molecule has 1 aliphatic rings. The highest BCUT2D eigenvalue weighted by molar-refractivity contribution is 5.56. The van der Waals surface area contributed by atoms with Gasteiger partial charge in [-0.2, -0.15) is 0 Å². The molecule has 1 N–H and O–H groups in total. The highest BCUT2D eigenvalue weighted by Crippen LogP contribution is 2.26. The van der Waals surface area contributed by atoms with Crippen molar-refractivity contribution in [3.05, 3.63) is 65.2 Å². The number of hydrogen-bond donors (Lipinski definition) is 1. The van der Waals surface area contributed by atoms with Crippen LogP contribution in [0.15, 0.2) is 48.5 Å². The average molecular weight is 280 g/mol. The van der Waals surface area contributed by atoms with Gasteiger partial charge in [0.05, 0.1) is 0 Å². The van der Waals surface area contributed by atoms with Crippen molar-refractivity contribution in [2.75, 3.05) is 24.5 Å². The van der Waals surface area contributed by atoms with Crippen LogP contribution in [-0.4, -0.2) is 19.6 Å². The molecule has 0 spiro atoms. The molecule has 2 nitrogen and oxygen atoms in total. The van der Waals surface area contributed by atoms with E-state index in [1.54, 1.807) is 0 Å². The minimum absolute atomic E-state index is 0.411. The summed E-state index contributed by atoms with van der Waals surface area (Å²) in [6, 6.07) is 17.8. The molecule has 110 valence electrons. The highest BCUT2D eigenvalue weighted by atomic mass is 15.2. The van der Waals surface area contributed by atoms with Crippen LogP contribution in [0.25, 0.3) is 0 Å². The molecular weight excluding hydrogens is 256 g/mol. The molecule has 0 aromatic heterocycles. The van der Waals surface area contributed by atoms with Gasteiger partial charge in [0.15, 0.2) is 0 Å². The van der Waals surface area contributed by atoms with E-state index in [2.05, 4.69) is 72.6 Å². The zero-order chi connectivity index (χ0) is 14.7. The van der Waals surface area contributed by atoms with Crippen molar-refractivity contribution in [3.63, 3.8) is 0 Å². The molecule has 3 rings (SSSR count). The van der Waals surface area contributed by atoms with Gasteiger partial charge in [0, 0.05) is 24.8 Å². The molecule has 1 atom stereocenters. The fraction of sp³-hybridized carbons (Fsp3) is 0.368. The van der Waals surface area contributed by atoms with E-state index in [1.807, 2.05) is 0 Å². The summed E-state index contributed by atoms with van der Waals surface area (Å²) >= 11 is 0. The quantitative estimate of drug-likeness (QED) is 0.899. The van der Waals surface area contributed by atoms with E-state index < -0.39 is 0 Å². The van der Waals surface area contributed by atoms with Crippen LogP contribution in [0.2, 0.25) is 0 Å². The van der Waals surface area contributed by atoms with E-state index in [-0.39, 0.29) is 0 Å². The number of hydrogen-bond acceptors (Lipinski definition) is 2. The summed E-state index contributed by atoms with van der Waals surface area (Å²) in [7, 11) is 0. The lowest BCUT2D eigenvalue weighted by atomic mass is 10.0. The second-order valence-corrected chi connectivity index (χ2v) is 5.94. The first-order valence-electron chi connectivity index (χ1n) is 7.85. The van der Waals surface area contributed by atoms with E-state index in [0.29, 0.717) is 6.04 Å². The van der Waals surface area contributed by atoms with Crippen molar-refractivity contribution in [2.24, 2.45) is 0 Å². The molecular formula is C19H24N2. The van der Waals surface area contributed by atoms with Crippen molar-refractivity contribution in [1.29, 1.82) is 0 Å². The fourth-order valence-electron chi connectivity index (χ4n) is 3.13. The molecule has 0 amide bonds. The Kier molecular flexibility index (Phi) is 4.26. The maximum Gasteiger partial charge on any atom is 0.0498 e. The summed E-state index contributed by atoms with van der Waals surface area (Å²) in [4.78, 5) is 2.54. The molecule has 0 saturated carbocycles. The average Bonchev–Trinajstić information content (AvgIpc) is 2.77. The smallest absolute Gasteiger partial charge is 0.0498 e. The van der Waals surface area contributed by atoms with Crippen LogP contribution in [0, 0.1) is 13.8 Å². The Bertz CT molecular complexity index is 592. The summed E-state index contributed by atoms with van der Waals surface area (Å²) in [5.41, 5.74) is 5.56. The van der Waals surface area contributed by atoms with Gasteiger partial charge in [-0.1, -0.05) is 42.5 Å². The summed E-state index contributed by atoms with van der Waals surface area (Å²) in [6.07, 6.45) is 1.19. The maximum absolute atomic E-state index is 3.69. The minimum atomic E-state index is 0.411. The van der Waals surface area contributed by atoms with Gasteiger partial charge in [0.1, 0.15) is 0 Å². The normalized spacial score (nSPS) is 19.3. The third-order valence-corrected chi connectivity index (χ3v) is 4.52. The number of rotatable bonds is 2. The van der Waals surface area contributed by atoms with Crippen molar-refractivity contribution in [2.45, 2.75) is 26.3 Å². The van der Waals surface area contributed by atoms with Gasteiger partial charge in [-0.05, 0) is 49.6 Å². The number of nitrogens with one attached hydrogen (secondary N) is 1. The van der Waals surface area contributed by atoms with Crippen LogP contribution < -0.4 is 10.2 Å². The number of aryl methyl sites for hydroxylation is 1. The summed E-state index contributed by atoms with van der Waals surface area (Å²) in [6.45, 7) is 7.68. The van der Waals surface area contributed by atoms with Crippen LogP contribution in [-0.2, 0) is 0 Å². The van der Waals surface area contributed by atoms with Crippen LogP contribution in [0.5, 0.6) is 0 Å². The van der Waals surface area contributed by atoms with Gasteiger partial charge in [-0.25, -0.2) is 0 Å². The summed E-state index contributed by atoms with van der Waals surface area (Å²) in [5, 5.41) is 3.69. The van der Waals surface area contributed by atoms with E-state index in [9.17, 15) is 0 Å². The molecule has 1 heterocycles. The van der Waals surface area contributed by atoms with E-state index in [4.69, 9.17) is 0 Å². The maximum atomic E-state index is 3.69. The highest BCUT2D eigenvalue weighted by Gasteiger charge is 2.20.